The summed E-state index contributed by atoms with van der Waals surface area (Å²) in [5.74, 6) is 0.920. The monoisotopic (exact) mass is 280 g/mol. The number of para-hydroxylation sites is 1. The summed E-state index contributed by atoms with van der Waals surface area (Å²) in [7, 11) is 0. The number of hydrogen-bond donors (Lipinski definition) is 0. The Morgan fingerprint density at radius 3 is 2.62 bits per heavy atom. The normalized spacial score (nSPS) is 20.7. The Hall–Kier alpha value is -2.16. The highest BCUT2D eigenvalue weighted by molar-refractivity contribution is 6.11. The number of benzene rings is 1. The molecule has 1 aliphatic heterocycles. The zero-order valence-electron chi connectivity index (χ0n) is 12.5. The Labute approximate surface area is 125 Å². The summed E-state index contributed by atoms with van der Waals surface area (Å²) >= 11 is 0. The van der Waals surface area contributed by atoms with Crippen molar-refractivity contribution in [1.82, 2.24) is 4.98 Å². The van der Waals surface area contributed by atoms with E-state index >= 15 is 0 Å². The highest BCUT2D eigenvalue weighted by Crippen LogP contribution is 2.46. The summed E-state index contributed by atoms with van der Waals surface area (Å²) in [5, 5.41) is 0. The van der Waals surface area contributed by atoms with Gasteiger partial charge < -0.3 is 0 Å². The van der Waals surface area contributed by atoms with E-state index in [2.05, 4.69) is 18.8 Å². The van der Waals surface area contributed by atoms with Crippen molar-refractivity contribution in [2.75, 3.05) is 4.90 Å². The van der Waals surface area contributed by atoms with E-state index < -0.39 is 5.41 Å². The lowest BCUT2D eigenvalue weighted by Gasteiger charge is -2.24. The first-order valence-corrected chi connectivity index (χ1v) is 7.53. The minimum absolute atomic E-state index is 0.135. The van der Waals surface area contributed by atoms with Gasteiger partial charge in [-0.2, -0.15) is 0 Å². The minimum Gasteiger partial charge on any atom is -0.273 e. The van der Waals surface area contributed by atoms with Gasteiger partial charge in [-0.05, 0) is 31.5 Å². The first kappa shape index (κ1) is 13.8. The highest BCUT2D eigenvalue weighted by Gasteiger charge is 2.48. The van der Waals surface area contributed by atoms with E-state index in [1.807, 2.05) is 42.5 Å². The van der Waals surface area contributed by atoms with Gasteiger partial charge in [-0.15, -0.1) is 0 Å². The first-order valence-electron chi connectivity index (χ1n) is 7.53. The molecule has 21 heavy (non-hydrogen) atoms. The van der Waals surface area contributed by atoms with Gasteiger partial charge in [-0.25, -0.2) is 4.98 Å². The van der Waals surface area contributed by atoms with Crippen LogP contribution in [0.2, 0.25) is 0 Å². The van der Waals surface area contributed by atoms with Crippen LogP contribution >= 0.6 is 0 Å². The van der Waals surface area contributed by atoms with Crippen molar-refractivity contribution in [2.24, 2.45) is 0 Å². The van der Waals surface area contributed by atoms with Crippen LogP contribution in [0.4, 0.5) is 11.5 Å². The molecule has 0 saturated heterocycles. The molecule has 0 bridgehead atoms. The average molecular weight is 280 g/mol. The van der Waals surface area contributed by atoms with Gasteiger partial charge in [-0.1, -0.05) is 44.0 Å². The van der Waals surface area contributed by atoms with E-state index in [0.29, 0.717) is 0 Å². The third-order valence-electron chi connectivity index (χ3n) is 4.31. The van der Waals surface area contributed by atoms with Gasteiger partial charge in [0, 0.05) is 11.8 Å². The van der Waals surface area contributed by atoms with Gasteiger partial charge in [0.2, 0.25) is 5.91 Å². The standard InChI is InChI=1S/C18H20N2O/c1-3-4-12-18(2)15-11-8-13-19-16(15)20(17(18)21)14-9-6-5-7-10-14/h5-11,13H,3-4,12H2,1-2H3/t18-/m1/s1. The number of aromatic nitrogens is 1. The van der Waals surface area contributed by atoms with Gasteiger partial charge in [0.25, 0.3) is 0 Å². The van der Waals surface area contributed by atoms with Crippen molar-refractivity contribution in [2.45, 2.75) is 38.5 Å². The summed E-state index contributed by atoms with van der Waals surface area (Å²) in [6, 6.07) is 13.7. The van der Waals surface area contributed by atoms with Crippen molar-refractivity contribution in [3.05, 3.63) is 54.2 Å². The van der Waals surface area contributed by atoms with Gasteiger partial charge in [-0.3, -0.25) is 9.69 Å². The van der Waals surface area contributed by atoms with Crippen LogP contribution in [0.3, 0.4) is 0 Å². The SMILES string of the molecule is CCCC[C@@]1(C)C(=O)N(c2ccccc2)c2ncccc21. The Kier molecular flexibility index (Phi) is 3.50. The molecule has 0 N–H and O–H groups in total. The Morgan fingerprint density at radius 2 is 1.90 bits per heavy atom. The van der Waals surface area contributed by atoms with Crippen molar-refractivity contribution in [3.8, 4) is 0 Å². The van der Waals surface area contributed by atoms with E-state index in [4.69, 9.17) is 0 Å². The molecule has 1 amide bonds. The second-order valence-corrected chi connectivity index (χ2v) is 5.79. The number of rotatable bonds is 4. The molecule has 3 rings (SSSR count). The first-order chi connectivity index (χ1) is 10.2. The Morgan fingerprint density at radius 1 is 1.14 bits per heavy atom. The molecule has 0 saturated carbocycles. The second-order valence-electron chi connectivity index (χ2n) is 5.79. The number of nitrogens with zero attached hydrogens (tertiary/aromatic N) is 2. The maximum absolute atomic E-state index is 13.1. The van der Waals surface area contributed by atoms with Gasteiger partial charge in [0.15, 0.2) is 0 Å². The number of carbonyl (C=O) groups is 1. The van der Waals surface area contributed by atoms with E-state index in [9.17, 15) is 4.79 Å². The highest BCUT2D eigenvalue weighted by atomic mass is 16.2. The fourth-order valence-electron chi connectivity index (χ4n) is 3.05. The second kappa shape index (κ2) is 5.32. The van der Waals surface area contributed by atoms with Crippen molar-refractivity contribution in [3.63, 3.8) is 0 Å². The third-order valence-corrected chi connectivity index (χ3v) is 4.31. The molecule has 1 aromatic carbocycles. The summed E-state index contributed by atoms with van der Waals surface area (Å²) < 4.78 is 0. The van der Waals surface area contributed by atoms with E-state index in [1.165, 1.54) is 0 Å². The predicted molar refractivity (Wildman–Crippen MR) is 84.7 cm³/mol. The summed E-state index contributed by atoms with van der Waals surface area (Å²) in [5.41, 5.74) is 1.48. The average Bonchev–Trinajstić information content (AvgIpc) is 2.75. The maximum atomic E-state index is 13.1. The van der Waals surface area contributed by atoms with Crippen molar-refractivity contribution in [1.29, 1.82) is 0 Å². The molecule has 0 radical (unpaired) electrons. The lowest BCUT2D eigenvalue weighted by Crippen LogP contribution is -2.35. The molecule has 1 aromatic heterocycles. The number of pyridine rings is 1. The number of anilines is 2. The van der Waals surface area contributed by atoms with Crippen LogP contribution in [0.15, 0.2) is 48.7 Å². The topological polar surface area (TPSA) is 33.2 Å². The summed E-state index contributed by atoms with van der Waals surface area (Å²) in [6.07, 6.45) is 4.75. The molecule has 0 unspecified atom stereocenters. The number of hydrogen-bond acceptors (Lipinski definition) is 2. The number of fused-ring (bicyclic) bond motifs is 1. The molecule has 2 aromatic rings. The van der Waals surface area contributed by atoms with Crippen LogP contribution in [0, 0.1) is 0 Å². The molecule has 1 aliphatic rings. The molecule has 0 aliphatic carbocycles. The van der Waals surface area contributed by atoms with Crippen molar-refractivity contribution >= 4 is 17.4 Å². The van der Waals surface area contributed by atoms with E-state index in [0.717, 1.165) is 36.3 Å². The Balaban J connectivity index is 2.11. The maximum Gasteiger partial charge on any atom is 0.243 e. The molecule has 3 heteroatoms. The lowest BCUT2D eigenvalue weighted by molar-refractivity contribution is -0.122. The van der Waals surface area contributed by atoms with Crippen LogP contribution in [0.25, 0.3) is 0 Å². The Bertz CT molecular complexity index is 653. The lowest BCUT2D eigenvalue weighted by atomic mass is 9.80. The van der Waals surface area contributed by atoms with Gasteiger partial charge in [0.05, 0.1) is 11.1 Å². The van der Waals surface area contributed by atoms with Crippen LogP contribution < -0.4 is 4.90 Å². The van der Waals surface area contributed by atoms with Gasteiger partial charge >= 0.3 is 0 Å². The minimum atomic E-state index is -0.463. The van der Waals surface area contributed by atoms with E-state index in [-0.39, 0.29) is 5.91 Å². The molecule has 2 heterocycles. The molecule has 1 atom stereocenters. The van der Waals surface area contributed by atoms with Crippen LogP contribution in [-0.4, -0.2) is 10.9 Å². The number of amides is 1. The molecular weight excluding hydrogens is 260 g/mol. The smallest absolute Gasteiger partial charge is 0.243 e. The van der Waals surface area contributed by atoms with Gasteiger partial charge in [0.1, 0.15) is 5.82 Å². The zero-order valence-corrected chi connectivity index (χ0v) is 12.5. The molecule has 108 valence electrons. The molecular formula is C18H20N2O. The third kappa shape index (κ3) is 2.13. The number of carbonyl (C=O) groups excluding carboxylic acids is 1. The largest absolute Gasteiger partial charge is 0.273 e. The predicted octanol–water partition coefficient (Wildman–Crippen LogP) is 4.21. The van der Waals surface area contributed by atoms with Crippen LogP contribution in [0.5, 0.6) is 0 Å². The summed E-state index contributed by atoms with van der Waals surface area (Å²) in [4.78, 5) is 19.3. The van der Waals surface area contributed by atoms with E-state index in [1.54, 1.807) is 11.1 Å². The fourth-order valence-corrected chi connectivity index (χ4v) is 3.05. The van der Waals surface area contributed by atoms with Crippen LogP contribution in [0.1, 0.15) is 38.7 Å². The summed E-state index contributed by atoms with van der Waals surface area (Å²) in [6.45, 7) is 4.20. The van der Waals surface area contributed by atoms with Crippen molar-refractivity contribution < 1.29 is 4.79 Å². The number of unbranched alkanes of at least 4 members (excludes halogenated alkanes) is 1. The molecule has 0 spiro atoms. The molecule has 0 fully saturated rings. The fraction of sp³-hybridized carbons (Fsp3) is 0.333. The zero-order chi connectivity index (χ0) is 14.9. The van der Waals surface area contributed by atoms with Crippen LogP contribution in [-0.2, 0) is 10.2 Å². The molecule has 3 nitrogen and oxygen atoms in total. The quantitative estimate of drug-likeness (QED) is 0.840.